The van der Waals surface area contributed by atoms with Gasteiger partial charge in [0.15, 0.2) is 0 Å². The molecule has 2 aliphatic carbocycles. The third-order valence-electron chi connectivity index (χ3n) is 3.05. The maximum atomic E-state index is 11.5. The second-order valence-electron chi connectivity index (χ2n) is 3.94. The minimum absolute atomic E-state index is 0.294. The van der Waals surface area contributed by atoms with Crippen LogP contribution < -0.4 is 0 Å². The van der Waals surface area contributed by atoms with Crippen LogP contribution in [-0.2, 0) is 4.79 Å². The van der Waals surface area contributed by atoms with E-state index in [1.54, 1.807) is 0 Å². The van der Waals surface area contributed by atoms with Crippen LogP contribution in [0.4, 0.5) is 0 Å². The molecule has 0 aromatic carbocycles. The highest BCUT2D eigenvalue weighted by Gasteiger charge is 2.37. The predicted octanol–water partition coefficient (Wildman–Crippen LogP) is 1.59. The maximum Gasteiger partial charge on any atom is 0.149 e. The quantitative estimate of drug-likeness (QED) is 0.636. The van der Waals surface area contributed by atoms with Gasteiger partial charge in [0.25, 0.3) is 0 Å². The van der Waals surface area contributed by atoms with Gasteiger partial charge in [0.1, 0.15) is 5.78 Å². The number of carbonyl (C=O) groups excluding carboxylic acids is 1. The fourth-order valence-electron chi connectivity index (χ4n) is 2.29. The Bertz CT molecular complexity index is 186. The number of ketones is 1. The molecule has 0 aliphatic heterocycles. The first-order chi connectivity index (χ1) is 5.83. The molecule has 2 heteroatoms. The van der Waals surface area contributed by atoms with Crippen molar-refractivity contribution in [3.8, 4) is 0 Å². The molecule has 0 aromatic rings. The first kappa shape index (κ1) is 8.24. The largest absolute Gasteiger partial charge is 0.298 e. The van der Waals surface area contributed by atoms with Gasteiger partial charge < -0.3 is 0 Å². The van der Waals surface area contributed by atoms with Crippen molar-refractivity contribution in [2.75, 3.05) is 6.54 Å². The predicted molar refractivity (Wildman–Crippen MR) is 48.0 cm³/mol. The topological polar surface area (TPSA) is 20.3 Å². The Hall–Kier alpha value is -0.370. The zero-order chi connectivity index (χ0) is 8.55. The van der Waals surface area contributed by atoms with E-state index in [4.69, 9.17) is 0 Å². The number of hydrogen-bond acceptors (Lipinski definition) is 2. The highest BCUT2D eigenvalue weighted by atomic mass is 16.1. The van der Waals surface area contributed by atoms with Gasteiger partial charge >= 0.3 is 0 Å². The minimum atomic E-state index is 0.294. The second kappa shape index (κ2) is 3.17. The Morgan fingerprint density at radius 2 is 2.17 bits per heavy atom. The molecule has 0 spiro atoms. The van der Waals surface area contributed by atoms with E-state index in [2.05, 4.69) is 11.8 Å². The Morgan fingerprint density at radius 3 is 2.58 bits per heavy atom. The molecule has 0 aromatic heterocycles. The van der Waals surface area contributed by atoms with E-state index >= 15 is 0 Å². The lowest BCUT2D eigenvalue weighted by Gasteiger charge is -2.25. The summed E-state index contributed by atoms with van der Waals surface area (Å²) in [4.78, 5) is 13.9. The lowest BCUT2D eigenvalue weighted by Crippen LogP contribution is -2.39. The second-order valence-corrected chi connectivity index (χ2v) is 3.94. The first-order valence-electron chi connectivity index (χ1n) is 5.11. The highest BCUT2D eigenvalue weighted by molar-refractivity contribution is 5.85. The fourth-order valence-corrected chi connectivity index (χ4v) is 2.29. The van der Waals surface area contributed by atoms with Crippen LogP contribution in [0, 0.1) is 0 Å². The van der Waals surface area contributed by atoms with Crippen LogP contribution in [0.25, 0.3) is 0 Å². The molecule has 0 saturated heterocycles. The van der Waals surface area contributed by atoms with E-state index in [9.17, 15) is 4.79 Å². The van der Waals surface area contributed by atoms with Crippen LogP contribution in [0.5, 0.6) is 0 Å². The molecule has 0 radical (unpaired) electrons. The van der Waals surface area contributed by atoms with Crippen LogP contribution >= 0.6 is 0 Å². The van der Waals surface area contributed by atoms with Crippen molar-refractivity contribution >= 4 is 5.78 Å². The summed E-state index contributed by atoms with van der Waals surface area (Å²) in [6.07, 6.45) is 5.69. The lowest BCUT2D eigenvalue weighted by molar-refractivity contribution is -0.122. The Kier molecular flexibility index (Phi) is 2.18. The van der Waals surface area contributed by atoms with Gasteiger partial charge in [-0.3, -0.25) is 9.69 Å². The molecule has 12 heavy (non-hydrogen) atoms. The van der Waals surface area contributed by atoms with Crippen LogP contribution in [0.15, 0.2) is 0 Å². The van der Waals surface area contributed by atoms with Crippen LogP contribution in [-0.4, -0.2) is 29.3 Å². The number of hydrogen-bond donors (Lipinski definition) is 0. The summed E-state index contributed by atoms with van der Waals surface area (Å²) in [5.41, 5.74) is 0. The van der Waals surface area contributed by atoms with Crippen molar-refractivity contribution in [2.24, 2.45) is 0 Å². The fraction of sp³-hybridized carbons (Fsp3) is 0.900. The van der Waals surface area contributed by atoms with Crippen molar-refractivity contribution in [1.29, 1.82) is 0 Å². The molecular formula is C10H17NO. The van der Waals surface area contributed by atoms with Gasteiger partial charge in [0, 0.05) is 12.5 Å². The number of carbonyl (C=O) groups is 1. The molecule has 1 atom stereocenters. The van der Waals surface area contributed by atoms with Crippen molar-refractivity contribution in [3.63, 3.8) is 0 Å². The molecule has 2 nitrogen and oxygen atoms in total. The zero-order valence-electron chi connectivity index (χ0n) is 7.75. The Balaban J connectivity index is 1.99. The van der Waals surface area contributed by atoms with Gasteiger partial charge in [-0.2, -0.15) is 0 Å². The van der Waals surface area contributed by atoms with E-state index in [-0.39, 0.29) is 0 Å². The normalized spacial score (nSPS) is 30.2. The maximum absolute atomic E-state index is 11.5. The summed E-state index contributed by atoms with van der Waals surface area (Å²) in [5.74, 6) is 0.490. The molecule has 2 saturated carbocycles. The number of nitrogens with zero attached hydrogens (tertiary/aromatic N) is 1. The zero-order valence-corrected chi connectivity index (χ0v) is 7.75. The molecular weight excluding hydrogens is 150 g/mol. The van der Waals surface area contributed by atoms with E-state index in [0.29, 0.717) is 11.8 Å². The summed E-state index contributed by atoms with van der Waals surface area (Å²) in [5, 5.41) is 0. The number of rotatable bonds is 3. The van der Waals surface area contributed by atoms with Gasteiger partial charge in [-0.15, -0.1) is 0 Å². The smallest absolute Gasteiger partial charge is 0.149 e. The molecule has 68 valence electrons. The first-order valence-corrected chi connectivity index (χ1v) is 5.11. The Labute approximate surface area is 73.9 Å². The molecule has 2 aliphatic rings. The summed E-state index contributed by atoms with van der Waals surface area (Å²) in [7, 11) is 0. The molecule has 1 unspecified atom stereocenters. The summed E-state index contributed by atoms with van der Waals surface area (Å²) in [6, 6.07) is 1.05. The van der Waals surface area contributed by atoms with Crippen LogP contribution in [0.1, 0.15) is 39.0 Å². The molecule has 0 N–H and O–H groups in total. The van der Waals surface area contributed by atoms with E-state index in [1.165, 1.54) is 12.8 Å². The molecule has 2 rings (SSSR count). The van der Waals surface area contributed by atoms with E-state index in [0.717, 1.165) is 31.8 Å². The third-order valence-corrected chi connectivity index (χ3v) is 3.05. The SMILES string of the molecule is CCN(C1CC1)C1CCCC1=O. The van der Waals surface area contributed by atoms with E-state index < -0.39 is 0 Å². The molecule has 0 bridgehead atoms. The van der Waals surface area contributed by atoms with Crippen molar-refractivity contribution in [2.45, 2.75) is 51.1 Å². The molecule has 2 fully saturated rings. The van der Waals surface area contributed by atoms with Gasteiger partial charge in [-0.05, 0) is 32.2 Å². The van der Waals surface area contributed by atoms with E-state index in [1.807, 2.05) is 0 Å². The molecule has 0 amide bonds. The van der Waals surface area contributed by atoms with Gasteiger partial charge in [0.05, 0.1) is 6.04 Å². The summed E-state index contributed by atoms with van der Waals surface area (Å²) < 4.78 is 0. The average molecular weight is 167 g/mol. The summed E-state index contributed by atoms with van der Waals surface area (Å²) in [6.45, 7) is 3.23. The lowest BCUT2D eigenvalue weighted by atomic mass is 10.2. The number of likely N-dealkylation sites (N-methyl/N-ethyl adjacent to an activating group) is 1. The van der Waals surface area contributed by atoms with Crippen LogP contribution in [0.3, 0.4) is 0 Å². The molecule has 0 heterocycles. The average Bonchev–Trinajstić information content (AvgIpc) is 2.80. The highest BCUT2D eigenvalue weighted by Crippen LogP contribution is 2.32. The van der Waals surface area contributed by atoms with Crippen molar-refractivity contribution < 1.29 is 4.79 Å². The Morgan fingerprint density at radius 1 is 1.42 bits per heavy atom. The van der Waals surface area contributed by atoms with Gasteiger partial charge in [-0.1, -0.05) is 6.92 Å². The monoisotopic (exact) mass is 167 g/mol. The third kappa shape index (κ3) is 1.40. The van der Waals surface area contributed by atoms with Crippen molar-refractivity contribution in [1.82, 2.24) is 4.90 Å². The standard InChI is InChI=1S/C10H17NO/c1-2-11(8-6-7-8)9-4-3-5-10(9)12/h8-9H,2-7H2,1H3. The van der Waals surface area contributed by atoms with Crippen molar-refractivity contribution in [3.05, 3.63) is 0 Å². The number of Topliss-reactive ketones (excluding diaryl/α,β-unsaturated/α-hetero) is 1. The van der Waals surface area contributed by atoms with Gasteiger partial charge in [0.2, 0.25) is 0 Å². The summed E-state index contributed by atoms with van der Waals surface area (Å²) >= 11 is 0. The van der Waals surface area contributed by atoms with Crippen LogP contribution in [0.2, 0.25) is 0 Å². The van der Waals surface area contributed by atoms with Gasteiger partial charge in [-0.25, -0.2) is 0 Å². The minimum Gasteiger partial charge on any atom is -0.298 e.